The number of hydrogen-bond acceptors (Lipinski definition) is 8. The molecule has 0 unspecified atom stereocenters. The van der Waals surface area contributed by atoms with E-state index in [4.69, 9.17) is 10.5 Å². The molecule has 5 rings (SSSR count). The molecule has 0 aliphatic heterocycles. The molecular weight excluding hydrogens is 558 g/mol. The van der Waals surface area contributed by atoms with Crippen molar-refractivity contribution in [2.75, 3.05) is 25.5 Å². The minimum absolute atomic E-state index is 0.0207. The minimum Gasteiger partial charge on any atom is -0.436 e. The number of pyridine rings is 1. The van der Waals surface area contributed by atoms with E-state index in [0.29, 0.717) is 47.9 Å². The van der Waals surface area contributed by atoms with E-state index in [-0.39, 0.29) is 34.6 Å². The van der Waals surface area contributed by atoms with Crippen molar-refractivity contribution in [2.24, 2.45) is 5.73 Å². The molecule has 0 fully saturated rings. The third kappa shape index (κ3) is 5.97. The molecule has 0 aliphatic carbocycles. The molecule has 13 heteroatoms. The van der Waals surface area contributed by atoms with Crippen LogP contribution >= 0.6 is 0 Å². The van der Waals surface area contributed by atoms with Crippen LogP contribution in [0.15, 0.2) is 67.3 Å². The van der Waals surface area contributed by atoms with Gasteiger partial charge < -0.3 is 26.4 Å². The number of carbonyl (C=O) groups excluding carboxylic acids is 2. The van der Waals surface area contributed by atoms with Gasteiger partial charge in [-0.2, -0.15) is 4.39 Å². The topological polar surface area (TPSA) is 149 Å². The lowest BCUT2D eigenvalue weighted by molar-refractivity contribution is 0.0949. The molecular formula is C30H28F2N8O3. The highest BCUT2D eigenvalue weighted by Crippen LogP contribution is 2.33. The summed E-state index contributed by atoms with van der Waals surface area (Å²) in [7, 11) is 1.58. The van der Waals surface area contributed by atoms with Crippen molar-refractivity contribution in [1.82, 2.24) is 30.0 Å². The SMILES string of the molecule is CCc1cc(Nc2nccn3c(-c4ccc(Oc5ccc(C(=O)NCCN)cn5)c(F)c4F)cnc23)ccc1C(=O)NC. The number of rotatable bonds is 10. The molecule has 3 heterocycles. The Labute approximate surface area is 245 Å². The summed E-state index contributed by atoms with van der Waals surface area (Å²) in [4.78, 5) is 37.0. The lowest BCUT2D eigenvalue weighted by Crippen LogP contribution is -2.29. The second-order valence-electron chi connectivity index (χ2n) is 9.31. The highest BCUT2D eigenvalue weighted by Gasteiger charge is 2.20. The third-order valence-electron chi connectivity index (χ3n) is 6.61. The lowest BCUT2D eigenvalue weighted by Gasteiger charge is -2.12. The van der Waals surface area contributed by atoms with Crippen LogP contribution in [-0.2, 0) is 6.42 Å². The Balaban J connectivity index is 1.39. The van der Waals surface area contributed by atoms with Crippen molar-refractivity contribution >= 4 is 29.0 Å². The van der Waals surface area contributed by atoms with E-state index in [0.717, 1.165) is 5.56 Å². The summed E-state index contributed by atoms with van der Waals surface area (Å²) in [6, 6.07) is 10.8. The van der Waals surface area contributed by atoms with Gasteiger partial charge in [0.05, 0.1) is 17.5 Å². The van der Waals surface area contributed by atoms with Gasteiger partial charge in [0.25, 0.3) is 11.8 Å². The molecule has 2 amide bonds. The van der Waals surface area contributed by atoms with Crippen LogP contribution < -0.4 is 26.4 Å². The zero-order chi connectivity index (χ0) is 30.5. The Kier molecular flexibility index (Phi) is 8.53. The standard InChI is InChI=1S/C30H28F2N8O3/c1-3-17-14-19(5-6-20(17)30(42)34-2)39-27-28-38-16-22(40(28)13-12-35-27)21-7-8-23(26(32)25(21)31)43-24-9-4-18(15-37-24)29(41)36-11-10-33/h4-9,12-16H,3,10-11,33H2,1-2H3,(H,34,42)(H,35,39)(H,36,41). The van der Waals surface area contributed by atoms with Gasteiger partial charge in [0, 0.05) is 61.6 Å². The number of imidazole rings is 1. The minimum atomic E-state index is -1.21. The number of hydrogen-bond donors (Lipinski definition) is 4. The molecule has 5 N–H and O–H groups in total. The van der Waals surface area contributed by atoms with Crippen LogP contribution in [0.3, 0.4) is 0 Å². The molecule has 0 spiro atoms. The summed E-state index contributed by atoms with van der Waals surface area (Å²) in [6.45, 7) is 2.55. The summed E-state index contributed by atoms with van der Waals surface area (Å²) in [5.41, 5.74) is 8.39. The monoisotopic (exact) mass is 586 g/mol. The molecule has 0 atom stereocenters. The highest BCUT2D eigenvalue weighted by molar-refractivity contribution is 5.96. The van der Waals surface area contributed by atoms with Gasteiger partial charge in [0.15, 0.2) is 23.0 Å². The number of nitrogens with zero attached hydrogens (tertiary/aromatic N) is 4. The van der Waals surface area contributed by atoms with E-state index >= 15 is 8.78 Å². The number of nitrogens with two attached hydrogens (primary N) is 1. The van der Waals surface area contributed by atoms with Crippen molar-refractivity contribution in [3.05, 3.63) is 95.6 Å². The Morgan fingerprint density at radius 3 is 2.56 bits per heavy atom. The molecule has 0 saturated heterocycles. The largest absolute Gasteiger partial charge is 0.436 e. The smallest absolute Gasteiger partial charge is 0.252 e. The number of amides is 2. The van der Waals surface area contributed by atoms with E-state index in [9.17, 15) is 9.59 Å². The summed E-state index contributed by atoms with van der Waals surface area (Å²) >= 11 is 0. The Morgan fingerprint density at radius 2 is 1.84 bits per heavy atom. The quantitative estimate of drug-likeness (QED) is 0.190. The molecule has 0 bridgehead atoms. The van der Waals surface area contributed by atoms with Crippen LogP contribution in [0.25, 0.3) is 16.9 Å². The Hall–Kier alpha value is -5.43. The first kappa shape index (κ1) is 29.1. The number of halogens is 2. The fraction of sp³-hybridized carbons (Fsp3) is 0.167. The Bertz CT molecular complexity index is 1810. The number of fused-ring (bicyclic) bond motifs is 1. The second kappa shape index (κ2) is 12.6. The lowest BCUT2D eigenvalue weighted by atomic mass is 10.0. The maximum Gasteiger partial charge on any atom is 0.252 e. The summed E-state index contributed by atoms with van der Waals surface area (Å²) in [6.07, 6.45) is 6.43. The van der Waals surface area contributed by atoms with Crippen LogP contribution in [0, 0.1) is 11.6 Å². The second-order valence-corrected chi connectivity index (χ2v) is 9.31. The molecule has 5 aromatic rings. The van der Waals surface area contributed by atoms with Gasteiger partial charge in [-0.25, -0.2) is 19.3 Å². The third-order valence-corrected chi connectivity index (χ3v) is 6.61. The molecule has 11 nitrogen and oxygen atoms in total. The number of ether oxygens (including phenoxy) is 1. The summed E-state index contributed by atoms with van der Waals surface area (Å²) < 4.78 is 37.6. The van der Waals surface area contributed by atoms with Gasteiger partial charge in [-0.1, -0.05) is 6.92 Å². The van der Waals surface area contributed by atoms with E-state index in [1.165, 1.54) is 42.9 Å². The first-order chi connectivity index (χ1) is 20.8. The summed E-state index contributed by atoms with van der Waals surface area (Å²) in [5, 5.41) is 8.45. The highest BCUT2D eigenvalue weighted by atomic mass is 19.2. The normalized spacial score (nSPS) is 10.9. The predicted molar refractivity (Wildman–Crippen MR) is 157 cm³/mol. The van der Waals surface area contributed by atoms with E-state index in [1.54, 1.807) is 29.8 Å². The van der Waals surface area contributed by atoms with Crippen molar-refractivity contribution in [3.63, 3.8) is 0 Å². The van der Waals surface area contributed by atoms with Crippen LogP contribution in [0.4, 0.5) is 20.3 Å². The number of carbonyl (C=O) groups is 2. The number of aryl methyl sites for hydroxylation is 1. The number of nitrogens with one attached hydrogen (secondary N) is 3. The van der Waals surface area contributed by atoms with Gasteiger partial charge in [0.2, 0.25) is 11.7 Å². The fourth-order valence-electron chi connectivity index (χ4n) is 4.45. The maximum atomic E-state index is 15.4. The zero-order valence-electron chi connectivity index (χ0n) is 23.3. The van der Waals surface area contributed by atoms with Crippen molar-refractivity contribution < 1.29 is 23.1 Å². The van der Waals surface area contributed by atoms with Crippen LogP contribution in [0.1, 0.15) is 33.2 Å². The van der Waals surface area contributed by atoms with Gasteiger partial charge >= 0.3 is 0 Å². The van der Waals surface area contributed by atoms with Crippen molar-refractivity contribution in [3.8, 4) is 22.9 Å². The summed E-state index contributed by atoms with van der Waals surface area (Å²) in [5.74, 6) is -2.90. The first-order valence-electron chi connectivity index (χ1n) is 13.4. The van der Waals surface area contributed by atoms with Gasteiger partial charge in [0.1, 0.15) is 0 Å². The predicted octanol–water partition coefficient (Wildman–Crippen LogP) is 4.22. The average molecular weight is 587 g/mol. The van der Waals surface area contributed by atoms with Gasteiger partial charge in [-0.15, -0.1) is 0 Å². The molecule has 0 radical (unpaired) electrons. The van der Waals surface area contributed by atoms with Gasteiger partial charge in [-0.05, 0) is 48.4 Å². The Morgan fingerprint density at radius 1 is 1.00 bits per heavy atom. The van der Waals surface area contributed by atoms with E-state index in [1.807, 2.05) is 13.0 Å². The van der Waals surface area contributed by atoms with Crippen LogP contribution in [-0.4, -0.2) is 51.3 Å². The molecule has 0 aliphatic rings. The number of aromatic nitrogens is 4. The van der Waals surface area contributed by atoms with E-state index in [2.05, 4.69) is 30.9 Å². The van der Waals surface area contributed by atoms with Gasteiger partial charge in [-0.3, -0.25) is 14.0 Å². The zero-order valence-corrected chi connectivity index (χ0v) is 23.3. The average Bonchev–Trinajstić information content (AvgIpc) is 3.47. The first-order valence-corrected chi connectivity index (χ1v) is 13.4. The number of benzene rings is 2. The molecule has 3 aromatic heterocycles. The van der Waals surface area contributed by atoms with E-state index < -0.39 is 11.6 Å². The van der Waals surface area contributed by atoms with Crippen LogP contribution in [0.5, 0.6) is 11.6 Å². The van der Waals surface area contributed by atoms with Crippen molar-refractivity contribution in [2.45, 2.75) is 13.3 Å². The molecule has 220 valence electrons. The molecule has 0 saturated carbocycles. The molecule has 43 heavy (non-hydrogen) atoms. The van der Waals surface area contributed by atoms with Crippen LogP contribution in [0.2, 0.25) is 0 Å². The van der Waals surface area contributed by atoms with Crippen molar-refractivity contribution in [1.29, 1.82) is 0 Å². The fourth-order valence-corrected chi connectivity index (χ4v) is 4.45. The maximum absolute atomic E-state index is 15.4. The number of anilines is 2. The molecule has 2 aromatic carbocycles.